The van der Waals surface area contributed by atoms with Crippen LogP contribution in [0.15, 0.2) is 57.3 Å². The van der Waals surface area contributed by atoms with Gasteiger partial charge in [0.15, 0.2) is 5.96 Å². The van der Waals surface area contributed by atoms with Gasteiger partial charge in [0.2, 0.25) is 0 Å². The Balaban J connectivity index is 1.30. The minimum atomic E-state index is 0.327. The second-order valence-corrected chi connectivity index (χ2v) is 8.04. The van der Waals surface area contributed by atoms with E-state index in [1.54, 1.807) is 11.3 Å². The van der Waals surface area contributed by atoms with Crippen LogP contribution in [0.25, 0.3) is 11.0 Å². The lowest BCUT2D eigenvalue weighted by Gasteiger charge is -2.34. The van der Waals surface area contributed by atoms with Crippen LogP contribution in [0.5, 0.6) is 0 Å². The number of guanidine groups is 1. The molecule has 2 N–H and O–H groups in total. The molecule has 0 saturated carbocycles. The lowest BCUT2D eigenvalue weighted by molar-refractivity contribution is 0.0177. The summed E-state index contributed by atoms with van der Waals surface area (Å²) in [6.45, 7) is 5.09. The van der Waals surface area contributed by atoms with Gasteiger partial charge in [-0.15, -0.1) is 11.3 Å². The van der Waals surface area contributed by atoms with E-state index in [9.17, 15) is 0 Å². The summed E-state index contributed by atoms with van der Waals surface area (Å²) in [5.41, 5.74) is 0.939. The van der Waals surface area contributed by atoms with Crippen molar-refractivity contribution in [2.45, 2.75) is 12.5 Å². The van der Waals surface area contributed by atoms with Crippen molar-refractivity contribution in [3.8, 4) is 0 Å². The van der Waals surface area contributed by atoms with Gasteiger partial charge in [-0.3, -0.25) is 9.89 Å². The van der Waals surface area contributed by atoms with Crippen molar-refractivity contribution < 1.29 is 9.15 Å². The van der Waals surface area contributed by atoms with Gasteiger partial charge < -0.3 is 19.8 Å². The Kier molecular flexibility index (Phi) is 6.82. The Bertz CT molecular complexity index is 883. The van der Waals surface area contributed by atoms with Crippen LogP contribution in [-0.4, -0.2) is 57.3 Å². The molecule has 1 saturated heterocycles. The molecular formula is C22H28N4O2S. The van der Waals surface area contributed by atoms with Crippen molar-refractivity contribution >= 4 is 28.3 Å². The quantitative estimate of drug-likeness (QED) is 0.461. The normalized spacial score (nSPS) is 16.8. The number of morpholine rings is 1. The molecule has 6 nitrogen and oxygen atoms in total. The van der Waals surface area contributed by atoms with E-state index in [-0.39, 0.29) is 0 Å². The van der Waals surface area contributed by atoms with Crippen molar-refractivity contribution in [3.63, 3.8) is 0 Å². The molecule has 29 heavy (non-hydrogen) atoms. The molecular weight excluding hydrogens is 384 g/mol. The molecule has 7 heteroatoms. The molecule has 0 bridgehead atoms. The average molecular weight is 413 g/mol. The van der Waals surface area contributed by atoms with Gasteiger partial charge in [0, 0.05) is 49.9 Å². The van der Waals surface area contributed by atoms with Crippen molar-refractivity contribution in [1.29, 1.82) is 0 Å². The summed E-state index contributed by atoms with van der Waals surface area (Å²) in [4.78, 5) is 8.25. The highest BCUT2D eigenvalue weighted by Crippen LogP contribution is 2.25. The number of rotatable bonds is 7. The molecule has 4 rings (SSSR count). The second-order valence-electron chi connectivity index (χ2n) is 7.06. The van der Waals surface area contributed by atoms with Gasteiger partial charge in [-0.2, -0.15) is 0 Å². The van der Waals surface area contributed by atoms with Crippen molar-refractivity contribution in [2.75, 3.05) is 46.4 Å². The van der Waals surface area contributed by atoms with E-state index in [0.29, 0.717) is 6.04 Å². The number of hydrogen-bond donors (Lipinski definition) is 2. The van der Waals surface area contributed by atoms with E-state index in [4.69, 9.17) is 9.15 Å². The van der Waals surface area contributed by atoms with Crippen LogP contribution in [0.4, 0.5) is 0 Å². The van der Waals surface area contributed by atoms with Crippen molar-refractivity contribution in [2.24, 2.45) is 4.99 Å². The molecule has 2 aromatic heterocycles. The molecule has 0 spiro atoms. The first kappa shape index (κ1) is 19.9. The topological polar surface area (TPSA) is 62.0 Å². The summed E-state index contributed by atoms with van der Waals surface area (Å²) in [6.07, 6.45) is 0.813. The van der Waals surface area contributed by atoms with Gasteiger partial charge >= 0.3 is 0 Å². The van der Waals surface area contributed by atoms with Gasteiger partial charge in [0.05, 0.1) is 19.3 Å². The number of thiophene rings is 1. The summed E-state index contributed by atoms with van der Waals surface area (Å²) in [5, 5.41) is 10.2. The highest BCUT2D eigenvalue weighted by molar-refractivity contribution is 7.10. The number of furan rings is 1. The fraction of sp³-hybridized carbons (Fsp3) is 0.409. The van der Waals surface area contributed by atoms with E-state index in [2.05, 4.69) is 50.2 Å². The number of nitrogens with one attached hydrogen (secondary N) is 2. The third kappa shape index (κ3) is 5.18. The first-order chi connectivity index (χ1) is 14.3. The smallest absolute Gasteiger partial charge is 0.191 e. The van der Waals surface area contributed by atoms with Crippen LogP contribution in [-0.2, 0) is 11.2 Å². The maximum atomic E-state index is 5.89. The molecule has 1 aliphatic heterocycles. The van der Waals surface area contributed by atoms with Crippen LogP contribution < -0.4 is 10.6 Å². The monoisotopic (exact) mass is 412 g/mol. The van der Waals surface area contributed by atoms with E-state index in [0.717, 1.165) is 68.5 Å². The molecule has 1 atom stereocenters. The molecule has 1 aliphatic rings. The van der Waals surface area contributed by atoms with Crippen molar-refractivity contribution in [3.05, 3.63) is 58.5 Å². The summed E-state index contributed by atoms with van der Waals surface area (Å²) in [5.74, 6) is 1.80. The Labute approximate surface area is 175 Å². The lowest BCUT2D eigenvalue weighted by Crippen LogP contribution is -2.46. The van der Waals surface area contributed by atoms with E-state index in [1.165, 1.54) is 4.88 Å². The highest BCUT2D eigenvalue weighted by atomic mass is 32.1. The van der Waals surface area contributed by atoms with Crippen LogP contribution in [0, 0.1) is 0 Å². The van der Waals surface area contributed by atoms with E-state index in [1.807, 2.05) is 25.2 Å². The highest BCUT2D eigenvalue weighted by Gasteiger charge is 2.23. The maximum Gasteiger partial charge on any atom is 0.191 e. The number of hydrogen-bond acceptors (Lipinski definition) is 5. The van der Waals surface area contributed by atoms with Gasteiger partial charge in [-0.25, -0.2) is 0 Å². The maximum absolute atomic E-state index is 5.89. The summed E-state index contributed by atoms with van der Waals surface area (Å²) < 4.78 is 11.4. The lowest BCUT2D eigenvalue weighted by atomic mass is 10.2. The number of aliphatic imine (C=N–C) groups is 1. The molecule has 0 aliphatic carbocycles. The molecule has 1 aromatic carbocycles. The van der Waals surface area contributed by atoms with Gasteiger partial charge in [-0.1, -0.05) is 24.3 Å². The van der Waals surface area contributed by atoms with Crippen LogP contribution in [0.3, 0.4) is 0 Å². The number of nitrogens with zero attached hydrogens (tertiary/aromatic N) is 2. The number of benzene rings is 1. The second kappa shape index (κ2) is 9.91. The zero-order chi connectivity index (χ0) is 19.9. The zero-order valence-electron chi connectivity index (χ0n) is 16.8. The average Bonchev–Trinajstić information content (AvgIpc) is 3.43. The molecule has 154 valence electrons. The number of ether oxygens (including phenoxy) is 1. The van der Waals surface area contributed by atoms with Crippen LogP contribution in [0.2, 0.25) is 0 Å². The predicted molar refractivity (Wildman–Crippen MR) is 119 cm³/mol. The zero-order valence-corrected chi connectivity index (χ0v) is 17.6. The van der Waals surface area contributed by atoms with Gasteiger partial charge in [0.25, 0.3) is 0 Å². The number of para-hydroxylation sites is 1. The minimum absolute atomic E-state index is 0.327. The molecule has 1 fully saturated rings. The minimum Gasteiger partial charge on any atom is -0.461 e. The fourth-order valence-corrected chi connectivity index (χ4v) is 4.52. The van der Waals surface area contributed by atoms with Crippen molar-refractivity contribution in [1.82, 2.24) is 15.5 Å². The van der Waals surface area contributed by atoms with E-state index >= 15 is 0 Å². The molecule has 1 unspecified atom stereocenters. The first-order valence-corrected chi connectivity index (χ1v) is 11.0. The molecule has 0 radical (unpaired) electrons. The third-order valence-corrected chi connectivity index (χ3v) is 6.16. The van der Waals surface area contributed by atoms with Gasteiger partial charge in [-0.05, 0) is 23.6 Å². The van der Waals surface area contributed by atoms with E-state index < -0.39 is 0 Å². The first-order valence-electron chi connectivity index (χ1n) is 10.1. The Morgan fingerprint density at radius 3 is 2.79 bits per heavy atom. The fourth-order valence-electron chi connectivity index (χ4n) is 3.66. The summed E-state index contributed by atoms with van der Waals surface area (Å²) in [7, 11) is 1.81. The molecule has 3 aromatic rings. The Morgan fingerprint density at radius 2 is 2.03 bits per heavy atom. The van der Waals surface area contributed by atoms with Crippen LogP contribution >= 0.6 is 11.3 Å². The predicted octanol–water partition coefficient (Wildman–Crippen LogP) is 3.28. The Morgan fingerprint density at radius 1 is 1.17 bits per heavy atom. The summed E-state index contributed by atoms with van der Waals surface area (Å²) in [6, 6.07) is 14.9. The van der Waals surface area contributed by atoms with Crippen LogP contribution in [0.1, 0.15) is 16.7 Å². The standard InChI is InChI=1S/C22H28N4O2S/c1-23-22(24-9-8-18-15-17-5-2-3-6-20(17)28-18)25-16-19(21-7-4-14-29-21)26-10-12-27-13-11-26/h2-7,14-15,19H,8-13,16H2,1H3,(H2,23,24,25). The summed E-state index contributed by atoms with van der Waals surface area (Å²) >= 11 is 1.81. The van der Waals surface area contributed by atoms with Gasteiger partial charge in [0.1, 0.15) is 11.3 Å². The SMILES string of the molecule is CN=C(NCCc1cc2ccccc2o1)NCC(c1cccs1)N1CCOCC1. The molecule has 0 amide bonds. The third-order valence-electron chi connectivity index (χ3n) is 5.18. The largest absolute Gasteiger partial charge is 0.461 e. The Hall–Kier alpha value is -2.35. The number of fused-ring (bicyclic) bond motifs is 1. The molecule has 3 heterocycles.